The lowest BCUT2D eigenvalue weighted by Gasteiger charge is -2.13. The number of hydrogen-bond donors (Lipinski definition) is 0. The van der Waals surface area contributed by atoms with Gasteiger partial charge < -0.3 is 0 Å². The van der Waals surface area contributed by atoms with Gasteiger partial charge in [-0.3, -0.25) is 10.1 Å². The SMILES string of the molecule is O=[N+]([O-])c1ccc(-c2ccccc2C(F)(F)F)c(Cl)c1. The molecule has 104 valence electrons. The summed E-state index contributed by atoms with van der Waals surface area (Å²) in [4.78, 5) is 9.93. The van der Waals surface area contributed by atoms with Crippen LogP contribution in [0.15, 0.2) is 42.5 Å². The molecule has 0 radical (unpaired) electrons. The molecule has 3 nitrogen and oxygen atoms in total. The standard InChI is InChI=1S/C13H7ClF3NO2/c14-12-7-8(18(19)20)5-6-10(12)9-3-1-2-4-11(9)13(15,16)17/h1-7H. The minimum absolute atomic E-state index is 0.101. The molecule has 0 fully saturated rings. The lowest BCUT2D eigenvalue weighted by Crippen LogP contribution is -2.07. The second-order valence-electron chi connectivity index (χ2n) is 3.96. The number of hydrogen-bond acceptors (Lipinski definition) is 2. The first-order valence-corrected chi connectivity index (χ1v) is 5.79. The van der Waals surface area contributed by atoms with E-state index >= 15 is 0 Å². The van der Waals surface area contributed by atoms with E-state index in [1.807, 2.05) is 0 Å². The van der Waals surface area contributed by atoms with Crippen LogP contribution >= 0.6 is 11.6 Å². The lowest BCUT2D eigenvalue weighted by molar-refractivity contribution is -0.384. The predicted octanol–water partition coefficient (Wildman–Crippen LogP) is 4.93. The molecule has 0 atom stereocenters. The van der Waals surface area contributed by atoms with Gasteiger partial charge >= 0.3 is 6.18 Å². The summed E-state index contributed by atoms with van der Waals surface area (Å²) < 4.78 is 38.8. The second kappa shape index (κ2) is 5.13. The Labute approximate surface area is 116 Å². The number of nitrogens with zero attached hydrogens (tertiary/aromatic N) is 1. The van der Waals surface area contributed by atoms with Crippen molar-refractivity contribution in [1.82, 2.24) is 0 Å². The second-order valence-corrected chi connectivity index (χ2v) is 4.37. The third-order valence-electron chi connectivity index (χ3n) is 2.69. The van der Waals surface area contributed by atoms with Crippen LogP contribution in [0.5, 0.6) is 0 Å². The summed E-state index contributed by atoms with van der Waals surface area (Å²) in [6.45, 7) is 0. The van der Waals surface area contributed by atoms with Crippen LogP contribution in [0.3, 0.4) is 0 Å². The largest absolute Gasteiger partial charge is 0.417 e. The van der Waals surface area contributed by atoms with Gasteiger partial charge in [-0.1, -0.05) is 29.8 Å². The smallest absolute Gasteiger partial charge is 0.258 e. The van der Waals surface area contributed by atoms with Crippen molar-refractivity contribution in [2.45, 2.75) is 6.18 Å². The number of non-ortho nitro benzene ring substituents is 1. The Balaban J connectivity index is 2.61. The number of rotatable bonds is 2. The van der Waals surface area contributed by atoms with E-state index in [1.54, 1.807) is 0 Å². The summed E-state index contributed by atoms with van der Waals surface area (Å²) >= 11 is 5.86. The number of halogens is 4. The number of benzene rings is 2. The summed E-state index contributed by atoms with van der Waals surface area (Å²) in [6.07, 6.45) is -4.53. The van der Waals surface area contributed by atoms with Crippen molar-refractivity contribution in [3.63, 3.8) is 0 Å². The van der Waals surface area contributed by atoms with E-state index in [2.05, 4.69) is 0 Å². The molecule has 0 aliphatic carbocycles. The highest BCUT2D eigenvalue weighted by Crippen LogP contribution is 2.40. The zero-order valence-corrected chi connectivity index (χ0v) is 10.6. The van der Waals surface area contributed by atoms with Gasteiger partial charge in [0.05, 0.1) is 15.5 Å². The Morgan fingerprint density at radius 2 is 1.70 bits per heavy atom. The minimum Gasteiger partial charge on any atom is -0.258 e. The maximum atomic E-state index is 12.9. The number of nitro benzene ring substituents is 1. The Bertz CT molecular complexity index is 671. The molecule has 0 bridgehead atoms. The third-order valence-corrected chi connectivity index (χ3v) is 3.00. The Morgan fingerprint density at radius 3 is 2.25 bits per heavy atom. The quantitative estimate of drug-likeness (QED) is 0.583. The first-order chi connectivity index (χ1) is 9.30. The first-order valence-electron chi connectivity index (χ1n) is 5.41. The normalized spacial score (nSPS) is 11.4. The lowest BCUT2D eigenvalue weighted by atomic mass is 9.99. The van der Waals surface area contributed by atoms with E-state index in [0.717, 1.165) is 18.2 Å². The molecule has 0 aliphatic heterocycles. The molecule has 20 heavy (non-hydrogen) atoms. The van der Waals surface area contributed by atoms with E-state index in [9.17, 15) is 23.3 Å². The molecule has 0 saturated carbocycles. The van der Waals surface area contributed by atoms with Gasteiger partial charge in [0.15, 0.2) is 0 Å². The average molecular weight is 302 g/mol. The highest BCUT2D eigenvalue weighted by Gasteiger charge is 2.33. The maximum Gasteiger partial charge on any atom is 0.417 e. The van der Waals surface area contributed by atoms with Gasteiger partial charge in [-0.05, 0) is 17.7 Å². The summed E-state index contributed by atoms with van der Waals surface area (Å²) in [5.74, 6) is 0. The molecular formula is C13H7ClF3NO2. The van der Waals surface area contributed by atoms with Crippen LogP contribution < -0.4 is 0 Å². The first kappa shape index (κ1) is 14.3. The molecule has 7 heteroatoms. The molecule has 2 aromatic rings. The van der Waals surface area contributed by atoms with Crippen LogP contribution in [0.1, 0.15) is 5.56 Å². The molecule has 2 rings (SSSR count). The Hall–Kier alpha value is -2.08. The Kier molecular flexibility index (Phi) is 3.67. The topological polar surface area (TPSA) is 43.1 Å². The van der Waals surface area contributed by atoms with Crippen molar-refractivity contribution in [3.05, 3.63) is 63.2 Å². The monoisotopic (exact) mass is 301 g/mol. The summed E-state index contributed by atoms with van der Waals surface area (Å²) in [5, 5.41) is 10.5. The van der Waals surface area contributed by atoms with Gasteiger partial charge in [0, 0.05) is 17.7 Å². The summed E-state index contributed by atoms with van der Waals surface area (Å²) in [6, 6.07) is 8.29. The molecule has 0 saturated heterocycles. The van der Waals surface area contributed by atoms with Crippen LogP contribution in [-0.4, -0.2) is 4.92 Å². The summed E-state index contributed by atoms with van der Waals surface area (Å²) in [7, 11) is 0. The molecule has 2 aromatic carbocycles. The van der Waals surface area contributed by atoms with E-state index < -0.39 is 16.7 Å². The van der Waals surface area contributed by atoms with Crippen LogP contribution in [0.25, 0.3) is 11.1 Å². The molecule has 0 heterocycles. The van der Waals surface area contributed by atoms with Crippen LogP contribution in [0, 0.1) is 10.1 Å². The van der Waals surface area contributed by atoms with E-state index in [0.29, 0.717) is 0 Å². The van der Waals surface area contributed by atoms with Crippen LogP contribution in [0.4, 0.5) is 18.9 Å². The van der Waals surface area contributed by atoms with Gasteiger partial charge in [-0.15, -0.1) is 0 Å². The molecule has 0 unspecified atom stereocenters. The molecule has 0 N–H and O–H groups in total. The van der Waals surface area contributed by atoms with Gasteiger partial charge in [-0.2, -0.15) is 13.2 Å². The highest BCUT2D eigenvalue weighted by molar-refractivity contribution is 6.33. The zero-order chi connectivity index (χ0) is 14.9. The van der Waals surface area contributed by atoms with Crippen molar-refractivity contribution in [2.75, 3.05) is 0 Å². The molecule has 0 spiro atoms. The van der Waals surface area contributed by atoms with Gasteiger partial charge in [0.25, 0.3) is 5.69 Å². The van der Waals surface area contributed by atoms with Crippen molar-refractivity contribution < 1.29 is 18.1 Å². The zero-order valence-electron chi connectivity index (χ0n) is 9.82. The van der Waals surface area contributed by atoms with Crippen molar-refractivity contribution in [1.29, 1.82) is 0 Å². The summed E-state index contributed by atoms with van der Waals surface area (Å²) in [5.41, 5.74) is -1.12. The minimum atomic E-state index is -4.53. The van der Waals surface area contributed by atoms with Gasteiger partial charge in [-0.25, -0.2) is 0 Å². The van der Waals surface area contributed by atoms with Crippen molar-refractivity contribution >= 4 is 17.3 Å². The number of nitro groups is 1. The molecule has 0 aliphatic rings. The average Bonchev–Trinajstić information content (AvgIpc) is 2.37. The van der Waals surface area contributed by atoms with Crippen LogP contribution in [0.2, 0.25) is 5.02 Å². The number of alkyl halides is 3. The highest BCUT2D eigenvalue weighted by atomic mass is 35.5. The fraction of sp³-hybridized carbons (Fsp3) is 0.0769. The molecule has 0 amide bonds. The Morgan fingerprint density at radius 1 is 1.05 bits per heavy atom. The molecular weight excluding hydrogens is 295 g/mol. The maximum absolute atomic E-state index is 12.9. The van der Waals surface area contributed by atoms with Crippen molar-refractivity contribution in [3.8, 4) is 11.1 Å². The third kappa shape index (κ3) is 2.75. The van der Waals surface area contributed by atoms with E-state index in [-0.39, 0.29) is 21.8 Å². The van der Waals surface area contributed by atoms with Crippen molar-refractivity contribution in [2.24, 2.45) is 0 Å². The fourth-order valence-electron chi connectivity index (χ4n) is 1.80. The van der Waals surface area contributed by atoms with E-state index in [1.165, 1.54) is 24.3 Å². The van der Waals surface area contributed by atoms with E-state index in [4.69, 9.17) is 11.6 Å². The fourth-order valence-corrected chi connectivity index (χ4v) is 2.08. The van der Waals surface area contributed by atoms with Gasteiger partial charge in [0.2, 0.25) is 0 Å². The van der Waals surface area contributed by atoms with Crippen LogP contribution in [-0.2, 0) is 6.18 Å². The molecule has 0 aromatic heterocycles. The predicted molar refractivity (Wildman–Crippen MR) is 68.5 cm³/mol. The van der Waals surface area contributed by atoms with Gasteiger partial charge in [0.1, 0.15) is 0 Å².